The molecule has 1 amide bonds. The lowest BCUT2D eigenvalue weighted by Crippen LogP contribution is -2.27. The molecular weight excluding hydrogens is 418 g/mol. The van der Waals surface area contributed by atoms with E-state index in [9.17, 15) is 4.79 Å². The van der Waals surface area contributed by atoms with E-state index in [-0.39, 0.29) is 5.91 Å². The third-order valence-corrected chi connectivity index (χ3v) is 5.57. The first kappa shape index (κ1) is 20.5. The van der Waals surface area contributed by atoms with E-state index in [2.05, 4.69) is 0 Å². The van der Waals surface area contributed by atoms with Crippen LogP contribution >= 0.6 is 35.6 Å². The molecule has 1 aliphatic rings. The number of anilines is 1. The van der Waals surface area contributed by atoms with Crippen molar-refractivity contribution in [1.82, 2.24) is 0 Å². The molecule has 1 saturated heterocycles. The van der Waals surface area contributed by atoms with Crippen LogP contribution in [0.4, 0.5) is 5.69 Å². The second kappa shape index (κ2) is 8.86. The lowest BCUT2D eigenvalue weighted by Gasteiger charge is -2.15. The maximum absolute atomic E-state index is 12.9. The summed E-state index contributed by atoms with van der Waals surface area (Å²) in [4.78, 5) is 14.9. The van der Waals surface area contributed by atoms with Gasteiger partial charge in [-0.15, -0.1) is 0 Å². The standard InChI is InChI=1S/C20H18ClNO4S2/c1-4-26-16-7-5-12(9-17(16)25-3)10-18-19(23)22(20(27)28-18)13-6-8-15(24-2)14(21)11-13/h5-11H,4H2,1-3H3/b18-10+. The average Bonchev–Trinajstić information content (AvgIpc) is 2.96. The highest BCUT2D eigenvalue weighted by Crippen LogP contribution is 2.39. The molecule has 0 N–H and O–H groups in total. The van der Waals surface area contributed by atoms with Crippen molar-refractivity contribution in [3.05, 3.63) is 51.9 Å². The van der Waals surface area contributed by atoms with Gasteiger partial charge in [-0.3, -0.25) is 9.69 Å². The Bertz CT molecular complexity index is 961. The molecule has 0 spiro atoms. The van der Waals surface area contributed by atoms with Gasteiger partial charge < -0.3 is 14.2 Å². The number of methoxy groups -OCH3 is 2. The van der Waals surface area contributed by atoms with E-state index in [0.717, 1.165) is 5.56 Å². The number of thioether (sulfide) groups is 1. The first-order chi connectivity index (χ1) is 13.5. The van der Waals surface area contributed by atoms with E-state index in [1.807, 2.05) is 25.1 Å². The first-order valence-electron chi connectivity index (χ1n) is 8.40. The third-order valence-electron chi connectivity index (χ3n) is 3.97. The van der Waals surface area contributed by atoms with Gasteiger partial charge in [-0.1, -0.05) is 41.6 Å². The molecule has 0 aromatic heterocycles. The fraction of sp³-hybridized carbons (Fsp3) is 0.200. The number of carbonyl (C=O) groups is 1. The van der Waals surface area contributed by atoms with Gasteiger partial charge in [-0.2, -0.15) is 0 Å². The molecule has 0 aliphatic carbocycles. The molecule has 3 rings (SSSR count). The van der Waals surface area contributed by atoms with Gasteiger partial charge in [0.2, 0.25) is 0 Å². The number of hydrogen-bond donors (Lipinski definition) is 0. The van der Waals surface area contributed by atoms with Crippen LogP contribution in [0.1, 0.15) is 12.5 Å². The lowest BCUT2D eigenvalue weighted by molar-refractivity contribution is -0.113. The molecule has 146 valence electrons. The average molecular weight is 436 g/mol. The topological polar surface area (TPSA) is 48.0 Å². The molecule has 5 nitrogen and oxygen atoms in total. The second-order valence-corrected chi connectivity index (χ2v) is 7.76. The summed E-state index contributed by atoms with van der Waals surface area (Å²) in [6.07, 6.45) is 1.78. The third kappa shape index (κ3) is 4.11. The monoisotopic (exact) mass is 435 g/mol. The van der Waals surface area contributed by atoms with Crippen molar-refractivity contribution < 1.29 is 19.0 Å². The zero-order chi connectivity index (χ0) is 20.3. The van der Waals surface area contributed by atoms with Crippen molar-refractivity contribution in [3.63, 3.8) is 0 Å². The molecule has 1 heterocycles. The molecule has 1 fully saturated rings. The van der Waals surface area contributed by atoms with E-state index in [1.54, 1.807) is 31.4 Å². The van der Waals surface area contributed by atoms with Crippen LogP contribution in [0.15, 0.2) is 41.3 Å². The van der Waals surface area contributed by atoms with Crippen molar-refractivity contribution in [3.8, 4) is 17.2 Å². The summed E-state index contributed by atoms with van der Waals surface area (Å²) in [6.45, 7) is 2.45. The second-order valence-electron chi connectivity index (χ2n) is 5.68. The summed E-state index contributed by atoms with van der Waals surface area (Å²) in [5.74, 6) is 1.59. The van der Waals surface area contributed by atoms with Crippen LogP contribution in [0, 0.1) is 0 Å². The van der Waals surface area contributed by atoms with Gasteiger partial charge in [0.15, 0.2) is 15.8 Å². The van der Waals surface area contributed by atoms with E-state index in [1.165, 1.54) is 23.8 Å². The van der Waals surface area contributed by atoms with Gasteiger partial charge in [0.25, 0.3) is 5.91 Å². The Morgan fingerprint density at radius 3 is 2.46 bits per heavy atom. The number of amides is 1. The Morgan fingerprint density at radius 2 is 1.82 bits per heavy atom. The van der Waals surface area contributed by atoms with Gasteiger partial charge >= 0.3 is 0 Å². The van der Waals surface area contributed by atoms with E-state index in [0.29, 0.717) is 43.8 Å². The quantitative estimate of drug-likeness (QED) is 0.461. The summed E-state index contributed by atoms with van der Waals surface area (Å²) < 4.78 is 16.5. The van der Waals surface area contributed by atoms with Crippen molar-refractivity contribution in [2.75, 3.05) is 25.7 Å². The Labute approximate surface area is 178 Å². The minimum atomic E-state index is -0.205. The number of nitrogens with zero attached hydrogens (tertiary/aromatic N) is 1. The number of halogens is 1. The molecule has 1 aliphatic heterocycles. The Morgan fingerprint density at radius 1 is 1.11 bits per heavy atom. The fourth-order valence-corrected chi connectivity index (χ4v) is 4.24. The molecule has 28 heavy (non-hydrogen) atoms. The molecule has 0 saturated carbocycles. The largest absolute Gasteiger partial charge is 0.495 e. The Balaban J connectivity index is 1.90. The van der Waals surface area contributed by atoms with Crippen LogP contribution in [0.2, 0.25) is 5.02 Å². The van der Waals surface area contributed by atoms with Crippen LogP contribution in [0.3, 0.4) is 0 Å². The van der Waals surface area contributed by atoms with Crippen molar-refractivity contribution in [2.45, 2.75) is 6.92 Å². The number of carbonyl (C=O) groups excluding carboxylic acids is 1. The summed E-state index contributed by atoms with van der Waals surface area (Å²) >= 11 is 12.8. The molecule has 8 heteroatoms. The smallest absolute Gasteiger partial charge is 0.270 e. The minimum Gasteiger partial charge on any atom is -0.495 e. The zero-order valence-corrected chi connectivity index (χ0v) is 17.9. The maximum atomic E-state index is 12.9. The summed E-state index contributed by atoms with van der Waals surface area (Å²) in [7, 11) is 3.11. The molecular formula is C20H18ClNO4S2. The summed E-state index contributed by atoms with van der Waals surface area (Å²) in [5.41, 5.74) is 1.41. The fourth-order valence-electron chi connectivity index (χ4n) is 2.68. The van der Waals surface area contributed by atoms with Gasteiger partial charge in [-0.05, 0) is 48.9 Å². The first-order valence-corrected chi connectivity index (χ1v) is 10.0. The van der Waals surface area contributed by atoms with E-state index in [4.69, 9.17) is 38.0 Å². The predicted molar refractivity (Wildman–Crippen MR) is 118 cm³/mol. The normalized spacial score (nSPS) is 15.3. The van der Waals surface area contributed by atoms with Gasteiger partial charge in [-0.25, -0.2) is 0 Å². The molecule has 0 unspecified atom stereocenters. The summed E-state index contributed by atoms with van der Waals surface area (Å²) in [5, 5.41) is 0.411. The number of benzene rings is 2. The zero-order valence-electron chi connectivity index (χ0n) is 15.5. The van der Waals surface area contributed by atoms with Crippen LogP contribution in [-0.2, 0) is 4.79 Å². The van der Waals surface area contributed by atoms with Gasteiger partial charge in [0, 0.05) is 0 Å². The summed E-state index contributed by atoms with van der Waals surface area (Å²) in [6, 6.07) is 10.6. The lowest BCUT2D eigenvalue weighted by atomic mass is 10.2. The highest BCUT2D eigenvalue weighted by molar-refractivity contribution is 8.27. The molecule has 2 aromatic carbocycles. The SMILES string of the molecule is CCOc1ccc(/C=C2/SC(=S)N(c3ccc(OC)c(Cl)c3)C2=O)cc1OC. The highest BCUT2D eigenvalue weighted by atomic mass is 35.5. The molecule has 0 atom stereocenters. The van der Waals surface area contributed by atoms with Gasteiger partial charge in [0.05, 0.1) is 36.4 Å². The highest BCUT2D eigenvalue weighted by Gasteiger charge is 2.33. The maximum Gasteiger partial charge on any atom is 0.270 e. The van der Waals surface area contributed by atoms with Gasteiger partial charge in [0.1, 0.15) is 5.75 Å². The number of thiocarbonyl (C=S) groups is 1. The number of ether oxygens (including phenoxy) is 3. The number of rotatable bonds is 6. The minimum absolute atomic E-state index is 0.205. The van der Waals surface area contributed by atoms with Crippen LogP contribution < -0.4 is 19.1 Å². The Hall–Kier alpha value is -2.22. The van der Waals surface area contributed by atoms with Crippen LogP contribution in [0.25, 0.3) is 6.08 Å². The van der Waals surface area contributed by atoms with E-state index < -0.39 is 0 Å². The number of hydrogen-bond acceptors (Lipinski definition) is 6. The van der Waals surface area contributed by atoms with E-state index >= 15 is 0 Å². The predicted octanol–water partition coefficient (Wildman–Crippen LogP) is 5.16. The molecule has 2 aromatic rings. The van der Waals surface area contributed by atoms with Crippen molar-refractivity contribution in [1.29, 1.82) is 0 Å². The van der Waals surface area contributed by atoms with Crippen molar-refractivity contribution >= 4 is 57.6 Å². The Kier molecular flexibility index (Phi) is 6.49. The van der Waals surface area contributed by atoms with Crippen LogP contribution in [-0.4, -0.2) is 31.1 Å². The van der Waals surface area contributed by atoms with Crippen molar-refractivity contribution in [2.24, 2.45) is 0 Å². The molecule has 0 bridgehead atoms. The van der Waals surface area contributed by atoms with Crippen LogP contribution in [0.5, 0.6) is 17.2 Å². The molecule has 0 radical (unpaired) electrons.